The first-order valence-electron chi connectivity index (χ1n) is 14.7. The van der Waals surface area contributed by atoms with E-state index in [1.165, 1.54) is 12.8 Å². The number of hydrogen-bond acceptors (Lipinski definition) is 8. The molecule has 0 spiro atoms. The van der Waals surface area contributed by atoms with Crippen LogP contribution < -0.4 is 15.5 Å². The van der Waals surface area contributed by atoms with E-state index in [9.17, 15) is 9.59 Å². The molecule has 6 rings (SSSR count). The van der Waals surface area contributed by atoms with Gasteiger partial charge in [-0.15, -0.1) is 0 Å². The van der Waals surface area contributed by atoms with E-state index in [0.29, 0.717) is 50.3 Å². The highest BCUT2D eigenvalue weighted by molar-refractivity contribution is 5.90. The number of carbonyl (C=O) groups is 2. The molecule has 3 aromatic rings. The number of morpholine rings is 1. The number of piperidine rings is 1. The van der Waals surface area contributed by atoms with Crippen molar-refractivity contribution in [3.8, 4) is 11.4 Å². The fourth-order valence-electron chi connectivity index (χ4n) is 5.33. The Labute approximate surface area is 239 Å². The third-order valence-corrected chi connectivity index (χ3v) is 7.89. The van der Waals surface area contributed by atoms with Crippen LogP contribution in [-0.2, 0) is 9.47 Å². The lowest BCUT2D eigenvalue weighted by Gasteiger charge is -2.31. The predicted molar refractivity (Wildman–Crippen MR) is 155 cm³/mol. The highest BCUT2D eigenvalue weighted by atomic mass is 16.6. The molecule has 0 radical (unpaired) electrons. The number of hydrogen-bond donors (Lipinski definition) is 2. The molecular weight excluding hydrogens is 524 g/mol. The van der Waals surface area contributed by atoms with Crippen LogP contribution in [0.1, 0.15) is 45.1 Å². The normalized spacial score (nSPS) is 18.0. The number of urea groups is 1. The van der Waals surface area contributed by atoms with E-state index >= 15 is 0 Å². The molecule has 41 heavy (non-hydrogen) atoms. The molecule has 3 aliphatic rings. The van der Waals surface area contributed by atoms with Crippen LogP contribution >= 0.6 is 0 Å². The van der Waals surface area contributed by atoms with Crippen LogP contribution in [0.25, 0.3) is 22.4 Å². The van der Waals surface area contributed by atoms with Crippen LogP contribution in [0.2, 0.25) is 0 Å². The van der Waals surface area contributed by atoms with Crippen LogP contribution in [0.15, 0.2) is 30.5 Å². The average molecular weight is 563 g/mol. The van der Waals surface area contributed by atoms with Crippen LogP contribution in [-0.4, -0.2) is 89.3 Å². The fourth-order valence-corrected chi connectivity index (χ4v) is 5.33. The third kappa shape index (κ3) is 6.37. The second kappa shape index (κ2) is 12.3. The van der Waals surface area contributed by atoms with E-state index in [1.807, 2.05) is 42.1 Å². The van der Waals surface area contributed by atoms with Gasteiger partial charge in [-0.2, -0.15) is 5.10 Å². The number of anilines is 2. The summed E-state index contributed by atoms with van der Waals surface area (Å²) in [4.78, 5) is 38.6. The number of ether oxygens (including phenoxy) is 2. The van der Waals surface area contributed by atoms with E-state index in [2.05, 4.69) is 15.5 Å². The zero-order valence-electron chi connectivity index (χ0n) is 23.6. The van der Waals surface area contributed by atoms with Gasteiger partial charge in [0.2, 0.25) is 0 Å². The van der Waals surface area contributed by atoms with Crippen molar-refractivity contribution in [2.75, 3.05) is 62.8 Å². The second-order valence-corrected chi connectivity index (χ2v) is 11.0. The van der Waals surface area contributed by atoms with Crippen molar-refractivity contribution in [2.24, 2.45) is 5.92 Å². The number of nitrogens with one attached hydrogen (secondary N) is 2. The molecule has 1 aliphatic carbocycles. The van der Waals surface area contributed by atoms with E-state index in [1.54, 1.807) is 4.90 Å². The number of amides is 3. The van der Waals surface area contributed by atoms with Crippen molar-refractivity contribution >= 4 is 34.7 Å². The average Bonchev–Trinajstić information content (AvgIpc) is 3.76. The zero-order chi connectivity index (χ0) is 28.2. The second-order valence-electron chi connectivity index (χ2n) is 11.0. The largest absolute Gasteiger partial charge is 0.449 e. The van der Waals surface area contributed by atoms with Gasteiger partial charge in [0.15, 0.2) is 11.5 Å². The van der Waals surface area contributed by atoms with Gasteiger partial charge in [0.05, 0.1) is 37.4 Å². The lowest BCUT2D eigenvalue weighted by atomic mass is 10.1. The number of nitrogens with zero attached hydrogens (tertiary/aromatic N) is 6. The molecule has 12 nitrogen and oxygen atoms in total. The Morgan fingerprint density at radius 1 is 1.02 bits per heavy atom. The quantitative estimate of drug-likeness (QED) is 0.421. The fraction of sp³-hybridized carbons (Fsp3) is 0.552. The van der Waals surface area contributed by atoms with Crippen molar-refractivity contribution in [1.29, 1.82) is 0 Å². The Morgan fingerprint density at radius 2 is 1.78 bits per heavy atom. The van der Waals surface area contributed by atoms with Crippen LogP contribution in [0.3, 0.4) is 0 Å². The van der Waals surface area contributed by atoms with Gasteiger partial charge in [-0.25, -0.2) is 24.2 Å². The Bertz CT molecular complexity index is 1360. The molecule has 0 bridgehead atoms. The molecule has 12 heteroatoms. The summed E-state index contributed by atoms with van der Waals surface area (Å²) < 4.78 is 12.9. The molecule has 1 saturated carbocycles. The third-order valence-electron chi connectivity index (χ3n) is 7.89. The zero-order valence-corrected chi connectivity index (χ0v) is 23.6. The van der Waals surface area contributed by atoms with Crippen LogP contribution in [0.4, 0.5) is 21.1 Å². The number of likely N-dealkylation sites (tertiary alicyclic amines) is 1. The van der Waals surface area contributed by atoms with Gasteiger partial charge in [-0.05, 0) is 62.3 Å². The van der Waals surface area contributed by atoms with E-state index < -0.39 is 0 Å². The van der Waals surface area contributed by atoms with Crippen LogP contribution in [0, 0.1) is 5.92 Å². The summed E-state index contributed by atoms with van der Waals surface area (Å²) in [5.74, 6) is 2.08. The van der Waals surface area contributed by atoms with Crippen LogP contribution in [0.5, 0.6) is 0 Å². The molecule has 0 atom stereocenters. The first-order chi connectivity index (χ1) is 20.1. The topological polar surface area (TPSA) is 127 Å². The molecule has 3 amide bonds. The Kier molecular flexibility index (Phi) is 8.17. The Balaban J connectivity index is 1.24. The molecule has 2 saturated heterocycles. The number of benzene rings is 1. The standard InChI is InChI=1S/C29H38N8O4/c1-2-15-41-29(39)36-11-9-23(10-12-36)37-27-24(19-31-37)26(35-13-16-40-17-14-35)33-25(34-27)21-5-7-22(8-6-21)32-28(38)30-18-20-3-4-20/h5-8,19-20,23H,2-4,9-18H2,1H3,(H2,30,32,38). The molecule has 218 valence electrons. The highest BCUT2D eigenvalue weighted by Gasteiger charge is 2.28. The summed E-state index contributed by atoms with van der Waals surface area (Å²) in [6, 6.07) is 7.54. The summed E-state index contributed by atoms with van der Waals surface area (Å²) in [6.07, 6.45) is 6.35. The number of aromatic nitrogens is 4. The predicted octanol–water partition coefficient (Wildman–Crippen LogP) is 4.04. The van der Waals surface area contributed by atoms with Gasteiger partial charge >= 0.3 is 12.1 Å². The Hall–Kier alpha value is -3.93. The Morgan fingerprint density at radius 3 is 2.49 bits per heavy atom. The lowest BCUT2D eigenvalue weighted by Crippen LogP contribution is -2.39. The van der Waals surface area contributed by atoms with Crippen molar-refractivity contribution in [3.63, 3.8) is 0 Å². The SMILES string of the molecule is CCCOC(=O)N1CCC(n2ncc3c(N4CCOCC4)nc(-c4ccc(NC(=O)NCC5CC5)cc4)nc32)CC1. The smallest absolute Gasteiger partial charge is 0.409 e. The molecule has 2 N–H and O–H groups in total. The van der Waals surface area contributed by atoms with Gasteiger partial charge < -0.3 is 29.9 Å². The summed E-state index contributed by atoms with van der Waals surface area (Å²) >= 11 is 0. The molecule has 3 fully saturated rings. The molecule has 2 aliphatic heterocycles. The maximum Gasteiger partial charge on any atom is 0.409 e. The van der Waals surface area contributed by atoms with Crippen molar-refractivity contribution in [2.45, 2.75) is 45.1 Å². The molecule has 1 aromatic carbocycles. The van der Waals surface area contributed by atoms with Gasteiger partial charge in [0, 0.05) is 44.0 Å². The van der Waals surface area contributed by atoms with Crippen molar-refractivity contribution in [3.05, 3.63) is 30.5 Å². The lowest BCUT2D eigenvalue weighted by molar-refractivity contribution is 0.0879. The van der Waals surface area contributed by atoms with Gasteiger partial charge in [-0.1, -0.05) is 6.92 Å². The molecular formula is C29H38N8O4. The first-order valence-corrected chi connectivity index (χ1v) is 14.7. The molecule has 2 aromatic heterocycles. The van der Waals surface area contributed by atoms with E-state index in [-0.39, 0.29) is 18.2 Å². The monoisotopic (exact) mass is 562 g/mol. The van der Waals surface area contributed by atoms with Gasteiger partial charge in [0.25, 0.3) is 0 Å². The summed E-state index contributed by atoms with van der Waals surface area (Å²) in [7, 11) is 0. The molecule has 4 heterocycles. The summed E-state index contributed by atoms with van der Waals surface area (Å²) in [5.41, 5.74) is 2.35. The minimum absolute atomic E-state index is 0.115. The van der Waals surface area contributed by atoms with Crippen molar-refractivity contribution in [1.82, 2.24) is 30.0 Å². The highest BCUT2D eigenvalue weighted by Crippen LogP contribution is 2.32. The maximum atomic E-state index is 12.3. The summed E-state index contributed by atoms with van der Waals surface area (Å²) in [5, 5.41) is 11.5. The number of rotatable bonds is 8. The minimum atomic E-state index is -0.242. The number of fused-ring (bicyclic) bond motifs is 1. The first kappa shape index (κ1) is 27.3. The van der Waals surface area contributed by atoms with Crippen molar-refractivity contribution < 1.29 is 19.1 Å². The van der Waals surface area contributed by atoms with E-state index in [0.717, 1.165) is 61.3 Å². The molecule has 0 unspecified atom stereocenters. The van der Waals surface area contributed by atoms with Gasteiger partial charge in [0.1, 0.15) is 5.82 Å². The van der Waals surface area contributed by atoms with Gasteiger partial charge in [-0.3, -0.25) is 0 Å². The maximum absolute atomic E-state index is 12.3. The summed E-state index contributed by atoms with van der Waals surface area (Å²) in [6.45, 7) is 7.16. The van der Waals surface area contributed by atoms with E-state index in [4.69, 9.17) is 24.5 Å². The minimum Gasteiger partial charge on any atom is -0.449 e. The number of carbonyl (C=O) groups excluding carboxylic acids is 2.